The minimum Gasteiger partial charge on any atom is -0.464 e. The molecule has 11 heteroatoms. The molecular weight excluding hydrogens is 290 g/mol. The number of carbonyl (C=O) groups excluding carboxylic acids is 1. The Morgan fingerprint density at radius 2 is 2.06 bits per heavy atom. The Balaban J connectivity index is 2.64. The van der Waals surface area contributed by atoms with Crippen molar-refractivity contribution in [3.8, 4) is 0 Å². The lowest BCUT2D eigenvalue weighted by Crippen LogP contribution is -2.29. The minimum absolute atomic E-state index is 0.114. The molecule has 0 aromatic rings. The zero-order chi connectivity index (χ0) is 13.8. The van der Waals surface area contributed by atoms with Gasteiger partial charge in [0.15, 0.2) is 6.10 Å². The maximum atomic E-state index is 11.4. The predicted molar refractivity (Wildman–Crippen MR) is 57.4 cm³/mol. The molecule has 1 saturated heterocycles. The Morgan fingerprint density at radius 3 is 2.67 bits per heavy atom. The van der Waals surface area contributed by atoms with E-state index in [2.05, 4.69) is 13.4 Å². The second-order valence-corrected chi connectivity index (χ2v) is 6.43. The molecular formula is C7H14O9P2. The number of rotatable bonds is 4. The van der Waals surface area contributed by atoms with E-state index in [4.69, 9.17) is 14.5 Å². The molecule has 2 unspecified atom stereocenters. The minimum atomic E-state index is -4.84. The van der Waals surface area contributed by atoms with Crippen molar-refractivity contribution >= 4 is 21.6 Å². The summed E-state index contributed by atoms with van der Waals surface area (Å²) in [6.45, 7) is 1.29. The van der Waals surface area contributed by atoms with Crippen LogP contribution in [-0.4, -0.2) is 35.1 Å². The smallest absolute Gasteiger partial charge is 0.464 e. The summed E-state index contributed by atoms with van der Waals surface area (Å²) in [4.78, 5) is 29.5. The lowest BCUT2D eigenvalue weighted by atomic mass is 10.3. The molecule has 1 fully saturated rings. The molecule has 1 rings (SSSR count). The summed E-state index contributed by atoms with van der Waals surface area (Å²) in [7, 11) is -9.55. The first-order valence-corrected chi connectivity index (χ1v) is 8.11. The van der Waals surface area contributed by atoms with Gasteiger partial charge in [-0.25, -0.2) is 13.9 Å². The van der Waals surface area contributed by atoms with Gasteiger partial charge in [-0.3, -0.25) is 9.05 Å². The van der Waals surface area contributed by atoms with E-state index in [9.17, 15) is 13.9 Å². The predicted octanol–water partition coefficient (Wildman–Crippen LogP) is 0.962. The molecule has 0 bridgehead atoms. The standard InChI is InChI=1S/C7H14O9P2/c1-2-3-4-13-7(8)6-5-14-17(9,10)16-18(11,12)15-6/h6H,2-5H2,1H3,(H,9,10)(H,11,12)/t6-/m0/s1. The van der Waals surface area contributed by atoms with Crippen LogP contribution in [0.5, 0.6) is 0 Å². The summed E-state index contributed by atoms with van der Waals surface area (Å²) in [6.07, 6.45) is -0.172. The number of ether oxygens (including phenoxy) is 1. The van der Waals surface area contributed by atoms with Crippen LogP contribution in [0.15, 0.2) is 0 Å². The van der Waals surface area contributed by atoms with Crippen molar-refractivity contribution in [3.63, 3.8) is 0 Å². The largest absolute Gasteiger partial charge is 0.482 e. The molecule has 0 amide bonds. The highest BCUT2D eigenvalue weighted by atomic mass is 31.3. The van der Waals surface area contributed by atoms with Crippen molar-refractivity contribution in [3.05, 3.63) is 0 Å². The van der Waals surface area contributed by atoms with Crippen molar-refractivity contribution < 1.29 is 41.8 Å². The van der Waals surface area contributed by atoms with Crippen LogP contribution < -0.4 is 0 Å². The number of hydrogen-bond acceptors (Lipinski definition) is 7. The quantitative estimate of drug-likeness (QED) is 0.443. The third kappa shape index (κ3) is 5.16. The van der Waals surface area contributed by atoms with Crippen LogP contribution in [-0.2, 0) is 32.0 Å². The third-order valence-electron chi connectivity index (χ3n) is 1.86. The van der Waals surface area contributed by atoms with E-state index in [1.807, 2.05) is 6.92 Å². The lowest BCUT2D eigenvalue weighted by Gasteiger charge is -2.13. The van der Waals surface area contributed by atoms with Crippen LogP contribution >= 0.6 is 15.6 Å². The highest BCUT2D eigenvalue weighted by molar-refractivity contribution is 7.61. The molecule has 9 nitrogen and oxygen atoms in total. The summed E-state index contributed by atoms with van der Waals surface area (Å²) in [5.74, 6) is -0.955. The first-order valence-electron chi connectivity index (χ1n) is 5.12. The molecule has 0 saturated carbocycles. The Morgan fingerprint density at radius 1 is 1.39 bits per heavy atom. The molecule has 0 aliphatic carbocycles. The summed E-state index contributed by atoms with van der Waals surface area (Å²) in [6, 6.07) is 0. The summed E-state index contributed by atoms with van der Waals surface area (Å²) in [5, 5.41) is 0. The fraction of sp³-hybridized carbons (Fsp3) is 0.857. The van der Waals surface area contributed by atoms with Crippen LogP contribution in [0.2, 0.25) is 0 Å². The van der Waals surface area contributed by atoms with Gasteiger partial charge in [0.2, 0.25) is 0 Å². The van der Waals surface area contributed by atoms with E-state index in [-0.39, 0.29) is 6.61 Å². The van der Waals surface area contributed by atoms with Gasteiger partial charge in [0.05, 0.1) is 13.2 Å². The number of phosphoric acid groups is 2. The van der Waals surface area contributed by atoms with Gasteiger partial charge in [-0.15, -0.1) is 0 Å². The van der Waals surface area contributed by atoms with Gasteiger partial charge in [-0.1, -0.05) is 13.3 Å². The van der Waals surface area contributed by atoms with Crippen molar-refractivity contribution in [2.24, 2.45) is 0 Å². The molecule has 1 aliphatic rings. The van der Waals surface area contributed by atoms with Gasteiger partial charge in [-0.2, -0.15) is 4.31 Å². The van der Waals surface area contributed by atoms with Crippen LogP contribution in [0.1, 0.15) is 19.8 Å². The molecule has 0 aromatic heterocycles. The summed E-state index contributed by atoms with van der Waals surface area (Å²) in [5.41, 5.74) is 0. The van der Waals surface area contributed by atoms with E-state index in [0.717, 1.165) is 6.42 Å². The van der Waals surface area contributed by atoms with Gasteiger partial charge < -0.3 is 14.5 Å². The Labute approximate surface area is 103 Å². The lowest BCUT2D eigenvalue weighted by molar-refractivity contribution is -0.153. The average molecular weight is 304 g/mol. The van der Waals surface area contributed by atoms with Crippen LogP contribution in [0.3, 0.4) is 0 Å². The molecule has 18 heavy (non-hydrogen) atoms. The van der Waals surface area contributed by atoms with Gasteiger partial charge in [-0.05, 0) is 6.42 Å². The second-order valence-electron chi connectivity index (χ2n) is 3.43. The van der Waals surface area contributed by atoms with Crippen LogP contribution in [0.25, 0.3) is 0 Å². The molecule has 0 radical (unpaired) electrons. The average Bonchev–Trinajstić information content (AvgIpc) is 2.33. The zero-order valence-electron chi connectivity index (χ0n) is 9.55. The molecule has 0 spiro atoms. The second kappa shape index (κ2) is 6.25. The van der Waals surface area contributed by atoms with E-state index in [0.29, 0.717) is 6.42 Å². The maximum Gasteiger partial charge on any atom is 0.482 e. The third-order valence-corrected chi connectivity index (χ3v) is 4.51. The fourth-order valence-corrected chi connectivity index (χ4v) is 3.23. The number of unbranched alkanes of at least 4 members (excludes halogenated alkanes) is 1. The highest BCUT2D eigenvalue weighted by Crippen LogP contribution is 2.62. The van der Waals surface area contributed by atoms with Crippen LogP contribution in [0.4, 0.5) is 0 Å². The number of esters is 1. The van der Waals surface area contributed by atoms with Gasteiger partial charge in [0, 0.05) is 0 Å². The van der Waals surface area contributed by atoms with E-state index in [1.165, 1.54) is 0 Å². The van der Waals surface area contributed by atoms with Crippen molar-refractivity contribution in [1.82, 2.24) is 0 Å². The fourth-order valence-electron chi connectivity index (χ4n) is 1.05. The molecule has 1 heterocycles. The first-order chi connectivity index (χ1) is 8.26. The number of carbonyl (C=O) groups is 1. The van der Waals surface area contributed by atoms with Crippen molar-refractivity contribution in [2.75, 3.05) is 13.2 Å². The van der Waals surface area contributed by atoms with Crippen molar-refractivity contribution in [1.29, 1.82) is 0 Å². The highest BCUT2D eigenvalue weighted by Gasteiger charge is 2.44. The zero-order valence-corrected chi connectivity index (χ0v) is 11.3. The first kappa shape index (κ1) is 15.8. The Kier molecular flexibility index (Phi) is 5.48. The molecule has 106 valence electrons. The van der Waals surface area contributed by atoms with Gasteiger partial charge in [0.25, 0.3) is 0 Å². The van der Waals surface area contributed by atoms with Crippen LogP contribution in [0, 0.1) is 0 Å². The summed E-state index contributed by atoms with van der Waals surface area (Å²) >= 11 is 0. The molecule has 3 atom stereocenters. The maximum absolute atomic E-state index is 11.4. The monoisotopic (exact) mass is 304 g/mol. The normalized spacial score (nSPS) is 36.9. The number of hydrogen-bond donors (Lipinski definition) is 2. The molecule has 2 N–H and O–H groups in total. The molecule has 1 aliphatic heterocycles. The van der Waals surface area contributed by atoms with E-state index < -0.39 is 34.3 Å². The van der Waals surface area contributed by atoms with Gasteiger partial charge in [0.1, 0.15) is 0 Å². The summed E-state index contributed by atoms with van der Waals surface area (Å²) < 4.78 is 39.5. The Hall–Kier alpha value is -0.270. The number of phosphoric ester groups is 2. The van der Waals surface area contributed by atoms with E-state index >= 15 is 0 Å². The topological polar surface area (TPSA) is 129 Å². The van der Waals surface area contributed by atoms with E-state index in [1.54, 1.807) is 0 Å². The van der Waals surface area contributed by atoms with Gasteiger partial charge >= 0.3 is 21.6 Å². The SMILES string of the molecule is CCCCOC(=O)[C@@H]1COP(=O)(O)OP(=O)(O)O1. The van der Waals surface area contributed by atoms with Crippen molar-refractivity contribution in [2.45, 2.75) is 25.9 Å². The Bertz CT molecular complexity index is 394. The molecule has 0 aromatic carbocycles.